The molecule has 2 nitrogen and oxygen atoms in total. The molecule has 2 fully saturated rings. The van der Waals surface area contributed by atoms with Crippen molar-refractivity contribution in [2.24, 2.45) is 11.3 Å². The molecule has 0 aromatic rings. The Kier molecular flexibility index (Phi) is 6.09. The van der Waals surface area contributed by atoms with Crippen molar-refractivity contribution < 1.29 is 0 Å². The molecule has 2 aliphatic heterocycles. The Morgan fingerprint density at radius 1 is 1.13 bits per heavy atom. The Balaban J connectivity index is 1.43. The molecular formula is C21H37N2+. The summed E-state index contributed by atoms with van der Waals surface area (Å²) in [4.78, 5) is 0. The summed E-state index contributed by atoms with van der Waals surface area (Å²) in [5.74, 6) is 2.63. The van der Waals surface area contributed by atoms with Gasteiger partial charge in [-0.25, -0.2) is 0 Å². The van der Waals surface area contributed by atoms with E-state index in [1.807, 2.05) is 5.92 Å². The van der Waals surface area contributed by atoms with E-state index in [-0.39, 0.29) is 0 Å². The van der Waals surface area contributed by atoms with Crippen molar-refractivity contribution in [2.45, 2.75) is 90.6 Å². The summed E-state index contributed by atoms with van der Waals surface area (Å²) in [5, 5.41) is 7.42. The molecule has 130 valence electrons. The minimum Gasteiger partial charge on any atom is -0.301 e. The fraction of sp³-hybridized carbons (Fsp3) is 0.857. The van der Waals surface area contributed by atoms with Gasteiger partial charge in [-0.3, -0.25) is 5.32 Å². The van der Waals surface area contributed by atoms with Crippen LogP contribution in [0.15, 0.2) is 11.6 Å². The number of hydrogen-bond acceptors (Lipinski definition) is 2. The molecule has 0 unspecified atom stereocenters. The second-order valence-electron chi connectivity index (χ2n) is 8.22. The smallest absolute Gasteiger partial charge is 0.112 e. The normalized spacial score (nSPS) is 33.3. The molecule has 1 saturated heterocycles. The summed E-state index contributed by atoms with van der Waals surface area (Å²) in [6.45, 7) is 7.00. The fourth-order valence-corrected chi connectivity index (χ4v) is 5.26. The highest BCUT2D eigenvalue weighted by Gasteiger charge is 2.56. The van der Waals surface area contributed by atoms with Gasteiger partial charge in [0, 0.05) is 24.9 Å². The third-order valence-electron chi connectivity index (χ3n) is 6.76. The lowest BCUT2D eigenvalue weighted by Crippen LogP contribution is -2.54. The molecule has 1 aliphatic carbocycles. The van der Waals surface area contributed by atoms with E-state index in [0.717, 1.165) is 12.5 Å². The summed E-state index contributed by atoms with van der Waals surface area (Å²) in [5.41, 5.74) is 2.20. The Bertz CT molecular complexity index is 403. The van der Waals surface area contributed by atoms with Gasteiger partial charge < -0.3 is 5.32 Å². The minimum absolute atomic E-state index is 0.432. The second kappa shape index (κ2) is 8.07. The highest BCUT2D eigenvalue weighted by Crippen LogP contribution is 2.54. The van der Waals surface area contributed by atoms with Crippen molar-refractivity contribution >= 4 is 0 Å². The first-order chi connectivity index (χ1) is 11.3. The average molecular weight is 318 g/mol. The Labute approximate surface area is 143 Å². The van der Waals surface area contributed by atoms with Crippen molar-refractivity contribution in [3.63, 3.8) is 0 Å². The highest BCUT2D eigenvalue weighted by molar-refractivity contribution is 5.32. The molecule has 3 atom stereocenters. The van der Waals surface area contributed by atoms with Crippen molar-refractivity contribution in [3.05, 3.63) is 17.6 Å². The van der Waals surface area contributed by atoms with E-state index >= 15 is 0 Å². The van der Waals surface area contributed by atoms with E-state index < -0.39 is 0 Å². The molecule has 1 spiro atoms. The molecule has 0 radical (unpaired) electrons. The van der Waals surface area contributed by atoms with Gasteiger partial charge in [0.15, 0.2) is 0 Å². The van der Waals surface area contributed by atoms with Crippen LogP contribution in [0.1, 0.15) is 84.5 Å². The van der Waals surface area contributed by atoms with Crippen LogP contribution in [-0.4, -0.2) is 19.3 Å². The van der Waals surface area contributed by atoms with E-state index in [4.69, 9.17) is 0 Å². The van der Waals surface area contributed by atoms with Crippen molar-refractivity contribution in [1.29, 1.82) is 0 Å². The quantitative estimate of drug-likeness (QED) is 0.375. The summed E-state index contributed by atoms with van der Waals surface area (Å²) in [6, 6.07) is 0. The molecule has 23 heavy (non-hydrogen) atoms. The molecule has 1 saturated carbocycles. The predicted molar refractivity (Wildman–Crippen MR) is 99.2 cm³/mol. The van der Waals surface area contributed by atoms with Crippen LogP contribution in [0.4, 0.5) is 0 Å². The van der Waals surface area contributed by atoms with Crippen LogP contribution >= 0.6 is 0 Å². The maximum Gasteiger partial charge on any atom is 0.112 e. The molecule has 2 heteroatoms. The van der Waals surface area contributed by atoms with Crippen molar-refractivity contribution in [3.8, 4) is 0 Å². The van der Waals surface area contributed by atoms with Crippen LogP contribution in [0.25, 0.3) is 0 Å². The van der Waals surface area contributed by atoms with Crippen LogP contribution < -0.4 is 10.6 Å². The molecular weight excluding hydrogens is 280 g/mol. The Morgan fingerprint density at radius 2 is 1.91 bits per heavy atom. The van der Waals surface area contributed by atoms with Gasteiger partial charge >= 0.3 is 0 Å². The van der Waals surface area contributed by atoms with Crippen LogP contribution in [-0.2, 0) is 0 Å². The molecule has 0 aromatic carbocycles. The third-order valence-corrected chi connectivity index (χ3v) is 6.76. The van der Waals surface area contributed by atoms with Gasteiger partial charge in [-0.1, -0.05) is 52.0 Å². The maximum atomic E-state index is 3.73. The first-order valence-corrected chi connectivity index (χ1v) is 10.3. The van der Waals surface area contributed by atoms with Gasteiger partial charge in [-0.2, -0.15) is 0 Å². The Morgan fingerprint density at radius 3 is 2.74 bits per heavy atom. The van der Waals surface area contributed by atoms with Gasteiger partial charge in [0.1, 0.15) is 6.42 Å². The molecule has 2 heterocycles. The first kappa shape index (κ1) is 17.4. The van der Waals surface area contributed by atoms with Crippen molar-refractivity contribution in [2.75, 3.05) is 13.1 Å². The molecule has 0 amide bonds. The van der Waals surface area contributed by atoms with E-state index in [1.165, 1.54) is 77.2 Å². The first-order valence-electron chi connectivity index (χ1n) is 10.3. The summed E-state index contributed by atoms with van der Waals surface area (Å²) in [7, 11) is 0. The molecule has 3 aliphatic rings. The topological polar surface area (TPSA) is 24.1 Å². The number of unbranched alkanes of at least 4 members (excludes halogenated alkanes) is 6. The lowest BCUT2D eigenvalue weighted by Gasteiger charge is -2.45. The predicted octanol–water partition coefficient (Wildman–Crippen LogP) is 4.97. The second-order valence-corrected chi connectivity index (χ2v) is 8.22. The van der Waals surface area contributed by atoms with Crippen molar-refractivity contribution in [1.82, 2.24) is 10.6 Å². The Hall–Kier alpha value is -0.470. The lowest BCUT2D eigenvalue weighted by molar-refractivity contribution is 0.161. The van der Waals surface area contributed by atoms with E-state index in [1.54, 1.807) is 5.57 Å². The molecule has 3 rings (SSSR count). The number of nitrogens with one attached hydrogen (secondary N) is 2. The van der Waals surface area contributed by atoms with Crippen LogP contribution in [0.2, 0.25) is 0 Å². The van der Waals surface area contributed by atoms with Gasteiger partial charge in [-0.15, -0.1) is 0 Å². The highest BCUT2D eigenvalue weighted by atomic mass is 15.2. The standard InChI is InChI=1S/C21H37N2/c1-3-4-5-6-7-8-9-10-18-11-13-21-17(2)16-23-20(21)22-14-12-19(21)15-18/h12,17,20,22-23H,3-11,13-16H2,1-2H3/q+1/t17-,20-,21-/m1/s1. The zero-order chi connectivity index (χ0) is 16.1. The van der Waals surface area contributed by atoms with Gasteiger partial charge in [-0.05, 0) is 24.3 Å². The molecule has 2 N–H and O–H groups in total. The molecule has 0 bridgehead atoms. The maximum absolute atomic E-state index is 3.73. The van der Waals surface area contributed by atoms with E-state index in [9.17, 15) is 0 Å². The number of rotatable bonds is 8. The fourth-order valence-electron chi connectivity index (χ4n) is 5.26. The summed E-state index contributed by atoms with van der Waals surface area (Å²) < 4.78 is 0. The average Bonchev–Trinajstić information content (AvgIpc) is 2.90. The van der Waals surface area contributed by atoms with Crippen LogP contribution in [0.3, 0.4) is 0 Å². The lowest BCUT2D eigenvalue weighted by atomic mass is 9.59. The largest absolute Gasteiger partial charge is 0.301 e. The van der Waals surface area contributed by atoms with E-state index in [0.29, 0.717) is 11.6 Å². The van der Waals surface area contributed by atoms with Gasteiger partial charge in [0.2, 0.25) is 0 Å². The SMILES string of the molecule is CCCCCCCCC[C+]1CC[C@@]23C(=CCN[C@@H]2NC[C@H]3C)C1. The van der Waals surface area contributed by atoms with E-state index in [2.05, 4.69) is 30.6 Å². The van der Waals surface area contributed by atoms with Crippen LogP contribution in [0.5, 0.6) is 0 Å². The zero-order valence-corrected chi connectivity index (χ0v) is 15.4. The van der Waals surface area contributed by atoms with Crippen LogP contribution in [0, 0.1) is 17.3 Å². The van der Waals surface area contributed by atoms with Gasteiger partial charge in [0.25, 0.3) is 0 Å². The summed E-state index contributed by atoms with van der Waals surface area (Å²) in [6.07, 6.45) is 18.5. The molecule has 0 aromatic heterocycles. The number of hydrogen-bond donors (Lipinski definition) is 2. The summed E-state index contributed by atoms with van der Waals surface area (Å²) >= 11 is 0. The third kappa shape index (κ3) is 3.64. The zero-order valence-electron chi connectivity index (χ0n) is 15.4. The minimum atomic E-state index is 0.432. The monoisotopic (exact) mass is 317 g/mol. The van der Waals surface area contributed by atoms with Gasteiger partial charge in [0.05, 0.1) is 24.9 Å².